The number of hydrogen-bond acceptors (Lipinski definition) is 1. The fourth-order valence-corrected chi connectivity index (χ4v) is 10.1. The van der Waals surface area contributed by atoms with Crippen molar-refractivity contribution in [3.8, 4) is 33.6 Å². The monoisotopic (exact) mass is 716 g/mol. The molecule has 3 aromatic heterocycles. The van der Waals surface area contributed by atoms with Gasteiger partial charge in [0.05, 0.1) is 27.8 Å². The van der Waals surface area contributed by atoms with Crippen LogP contribution in [0.15, 0.2) is 194 Å². The average Bonchev–Trinajstić information content (AvgIpc) is 3.91. The molecule has 0 unspecified atom stereocenters. The van der Waals surface area contributed by atoms with Gasteiger partial charge in [0.25, 0.3) is 0 Å². The van der Waals surface area contributed by atoms with Crippen LogP contribution in [-0.4, -0.2) is 9.13 Å². The molecule has 0 atom stereocenters. The lowest BCUT2D eigenvalue weighted by atomic mass is 10.00. The fourth-order valence-electron chi connectivity index (χ4n) is 9.01. The number of benzene rings is 9. The van der Waals surface area contributed by atoms with E-state index >= 15 is 0 Å². The highest BCUT2D eigenvalue weighted by Gasteiger charge is 2.20. The van der Waals surface area contributed by atoms with Crippen molar-refractivity contribution < 1.29 is 0 Å². The van der Waals surface area contributed by atoms with Gasteiger partial charge in [-0.1, -0.05) is 133 Å². The van der Waals surface area contributed by atoms with Gasteiger partial charge in [0.1, 0.15) is 0 Å². The molecule has 2 nitrogen and oxygen atoms in total. The second-order valence-electron chi connectivity index (χ2n) is 14.5. The van der Waals surface area contributed by atoms with E-state index in [0.717, 1.165) is 5.69 Å². The Kier molecular flexibility index (Phi) is 6.54. The standard InChI is InChI=1S/C52H32N2S/c1-2-11-33(12-3-1)34-21-25-38(26-22-34)53-46-18-8-6-16-40(46)43-31-36(23-28-47(43)53)37-24-29-48-44(32-37)41-27-30-50-51(42-17-7-9-20-49(42)55-50)52(41)54(48)45-19-10-14-35-13-4-5-15-39(35)45/h1-32H. The van der Waals surface area contributed by atoms with Gasteiger partial charge in [-0.05, 0) is 88.3 Å². The van der Waals surface area contributed by atoms with E-state index in [2.05, 4.69) is 203 Å². The Morgan fingerprint density at radius 2 is 0.927 bits per heavy atom. The molecule has 3 heteroatoms. The quantitative estimate of drug-likeness (QED) is 0.172. The predicted octanol–water partition coefficient (Wildman–Crippen LogP) is 14.7. The van der Waals surface area contributed by atoms with E-state index in [-0.39, 0.29) is 0 Å². The largest absolute Gasteiger partial charge is 0.309 e. The summed E-state index contributed by atoms with van der Waals surface area (Å²) in [4.78, 5) is 0. The van der Waals surface area contributed by atoms with Crippen LogP contribution in [0.1, 0.15) is 0 Å². The van der Waals surface area contributed by atoms with Gasteiger partial charge < -0.3 is 9.13 Å². The Morgan fingerprint density at radius 3 is 1.75 bits per heavy atom. The maximum absolute atomic E-state index is 2.53. The minimum Gasteiger partial charge on any atom is -0.309 e. The number of hydrogen-bond donors (Lipinski definition) is 0. The van der Waals surface area contributed by atoms with Gasteiger partial charge in [-0.2, -0.15) is 0 Å². The molecule has 0 spiro atoms. The summed E-state index contributed by atoms with van der Waals surface area (Å²) < 4.78 is 7.56. The number of fused-ring (bicyclic) bond motifs is 11. The maximum Gasteiger partial charge on any atom is 0.0634 e. The summed E-state index contributed by atoms with van der Waals surface area (Å²) in [6, 6.07) is 71.4. The van der Waals surface area contributed by atoms with Gasteiger partial charge in [-0.15, -0.1) is 11.3 Å². The highest BCUT2D eigenvalue weighted by molar-refractivity contribution is 7.26. The Hall–Kier alpha value is -6.94. The van der Waals surface area contributed by atoms with Gasteiger partial charge in [-0.25, -0.2) is 0 Å². The summed E-state index contributed by atoms with van der Waals surface area (Å²) in [6.45, 7) is 0. The van der Waals surface area contributed by atoms with E-state index in [1.807, 2.05) is 11.3 Å². The van der Waals surface area contributed by atoms with E-state index in [0.29, 0.717) is 0 Å². The lowest BCUT2D eigenvalue weighted by Crippen LogP contribution is -1.95. The molecule has 3 heterocycles. The second kappa shape index (κ2) is 11.8. The second-order valence-corrected chi connectivity index (χ2v) is 15.6. The van der Waals surface area contributed by atoms with Crippen molar-refractivity contribution in [3.63, 3.8) is 0 Å². The van der Waals surface area contributed by atoms with Crippen molar-refractivity contribution in [3.05, 3.63) is 194 Å². The smallest absolute Gasteiger partial charge is 0.0634 e. The first-order valence-electron chi connectivity index (χ1n) is 18.8. The predicted molar refractivity (Wildman–Crippen MR) is 236 cm³/mol. The van der Waals surface area contributed by atoms with Crippen LogP contribution >= 0.6 is 11.3 Å². The fraction of sp³-hybridized carbons (Fsp3) is 0. The van der Waals surface area contributed by atoms with Crippen molar-refractivity contribution in [1.29, 1.82) is 0 Å². The first-order valence-corrected chi connectivity index (χ1v) is 19.7. The number of thiophene rings is 1. The molecule has 0 bridgehead atoms. The van der Waals surface area contributed by atoms with Crippen LogP contribution in [0.2, 0.25) is 0 Å². The molecule has 0 aliphatic heterocycles. The first kappa shape index (κ1) is 30.5. The number of nitrogens with zero attached hydrogens (tertiary/aromatic N) is 2. The number of rotatable bonds is 4. The number of para-hydroxylation sites is 1. The average molecular weight is 717 g/mol. The Bertz CT molecular complexity index is 3470. The molecule has 55 heavy (non-hydrogen) atoms. The minimum atomic E-state index is 1.16. The third-order valence-electron chi connectivity index (χ3n) is 11.5. The molecule has 12 rings (SSSR count). The van der Waals surface area contributed by atoms with E-state index in [1.54, 1.807) is 0 Å². The third kappa shape index (κ3) is 4.54. The first-order chi connectivity index (χ1) is 27.3. The summed E-state index contributed by atoms with van der Waals surface area (Å²) in [6.07, 6.45) is 0. The summed E-state index contributed by atoms with van der Waals surface area (Å²) in [5.74, 6) is 0. The molecule has 9 aromatic carbocycles. The Morgan fingerprint density at radius 1 is 0.327 bits per heavy atom. The van der Waals surface area contributed by atoms with Crippen LogP contribution in [0.4, 0.5) is 0 Å². The molecule has 0 amide bonds. The zero-order chi connectivity index (χ0) is 36.0. The SMILES string of the molecule is c1ccc(-c2ccc(-n3c4ccccc4c4cc(-c5ccc6c(c5)c5ccc7sc8ccccc8c7c5n6-c5cccc6ccccc56)ccc43)cc2)cc1. The van der Waals surface area contributed by atoms with Crippen LogP contribution in [0.5, 0.6) is 0 Å². The van der Waals surface area contributed by atoms with Crippen LogP contribution in [0.25, 0.3) is 108 Å². The maximum atomic E-state index is 2.53. The van der Waals surface area contributed by atoms with Gasteiger partial charge in [0.15, 0.2) is 0 Å². The van der Waals surface area contributed by atoms with Crippen LogP contribution in [0, 0.1) is 0 Å². The molecule has 0 aliphatic rings. The van der Waals surface area contributed by atoms with Crippen LogP contribution < -0.4 is 0 Å². The van der Waals surface area contributed by atoms with Crippen molar-refractivity contribution in [2.45, 2.75) is 0 Å². The summed E-state index contributed by atoms with van der Waals surface area (Å²) in [5.41, 5.74) is 12.2. The Labute approximate surface area is 321 Å². The molecular weight excluding hydrogens is 685 g/mol. The van der Waals surface area contributed by atoms with Gasteiger partial charge in [-0.3, -0.25) is 0 Å². The van der Waals surface area contributed by atoms with Crippen molar-refractivity contribution >= 4 is 85.9 Å². The number of aromatic nitrogens is 2. The molecule has 12 aromatic rings. The molecule has 0 saturated heterocycles. The highest BCUT2D eigenvalue weighted by atomic mass is 32.1. The van der Waals surface area contributed by atoms with E-state index < -0.39 is 0 Å². The summed E-state index contributed by atoms with van der Waals surface area (Å²) in [5, 5.41) is 10.2. The molecule has 0 radical (unpaired) electrons. The topological polar surface area (TPSA) is 9.86 Å². The van der Waals surface area contributed by atoms with Crippen molar-refractivity contribution in [2.75, 3.05) is 0 Å². The zero-order valence-electron chi connectivity index (χ0n) is 29.8. The lowest BCUT2D eigenvalue weighted by Gasteiger charge is -2.13. The molecule has 0 fully saturated rings. The third-order valence-corrected chi connectivity index (χ3v) is 12.6. The molecule has 0 aliphatic carbocycles. The van der Waals surface area contributed by atoms with E-state index in [4.69, 9.17) is 0 Å². The lowest BCUT2D eigenvalue weighted by molar-refractivity contribution is 1.18. The Balaban J connectivity index is 1.08. The highest BCUT2D eigenvalue weighted by Crippen LogP contribution is 2.45. The zero-order valence-corrected chi connectivity index (χ0v) is 30.6. The van der Waals surface area contributed by atoms with Crippen LogP contribution in [0.3, 0.4) is 0 Å². The minimum absolute atomic E-state index is 1.16. The normalized spacial score (nSPS) is 12.0. The van der Waals surface area contributed by atoms with Gasteiger partial charge >= 0.3 is 0 Å². The molecular formula is C52H32N2S. The van der Waals surface area contributed by atoms with E-state index in [9.17, 15) is 0 Å². The van der Waals surface area contributed by atoms with Crippen molar-refractivity contribution in [2.24, 2.45) is 0 Å². The molecule has 0 N–H and O–H groups in total. The van der Waals surface area contributed by atoms with Crippen LogP contribution in [-0.2, 0) is 0 Å². The summed E-state index contributed by atoms with van der Waals surface area (Å²) >= 11 is 1.88. The molecule has 0 saturated carbocycles. The van der Waals surface area contributed by atoms with Crippen molar-refractivity contribution in [1.82, 2.24) is 9.13 Å². The van der Waals surface area contributed by atoms with Gasteiger partial charge in [0, 0.05) is 52.8 Å². The molecule has 256 valence electrons. The van der Waals surface area contributed by atoms with Gasteiger partial charge in [0.2, 0.25) is 0 Å². The summed E-state index contributed by atoms with van der Waals surface area (Å²) in [7, 11) is 0. The van der Waals surface area contributed by atoms with E-state index in [1.165, 1.54) is 102 Å².